The first-order valence-electron chi connectivity index (χ1n) is 7.64. The Morgan fingerprint density at radius 3 is 2.71 bits per heavy atom. The van der Waals surface area contributed by atoms with Gasteiger partial charge in [-0.25, -0.2) is 4.98 Å². The molecule has 122 valence electrons. The van der Waals surface area contributed by atoms with Crippen molar-refractivity contribution in [3.63, 3.8) is 0 Å². The first-order valence-corrected chi connectivity index (χ1v) is 8.45. The number of benzene rings is 2. The van der Waals surface area contributed by atoms with Crippen LogP contribution < -0.4 is 4.90 Å². The second kappa shape index (κ2) is 7.27. The van der Waals surface area contributed by atoms with Crippen molar-refractivity contribution in [3.05, 3.63) is 71.4 Å². The summed E-state index contributed by atoms with van der Waals surface area (Å²) in [5.74, 6) is -0.817. The van der Waals surface area contributed by atoms with Gasteiger partial charge in [0, 0.05) is 18.9 Å². The number of anilines is 1. The Hall–Kier alpha value is -2.66. The Labute approximate surface area is 145 Å². The lowest BCUT2D eigenvalue weighted by Crippen LogP contribution is -2.16. The van der Waals surface area contributed by atoms with Gasteiger partial charge in [-0.05, 0) is 23.3 Å². The minimum atomic E-state index is -0.817. The molecule has 0 amide bonds. The van der Waals surface area contributed by atoms with E-state index in [0.29, 0.717) is 6.54 Å². The summed E-state index contributed by atoms with van der Waals surface area (Å²) in [5.41, 5.74) is 2.97. The fourth-order valence-corrected chi connectivity index (χ4v) is 3.47. The number of hydrogen-bond donors (Lipinski definition) is 1. The van der Waals surface area contributed by atoms with Crippen LogP contribution in [0.15, 0.2) is 60.8 Å². The molecule has 24 heavy (non-hydrogen) atoms. The summed E-state index contributed by atoms with van der Waals surface area (Å²) in [6, 6.07) is 17.8. The number of hydrogen-bond acceptors (Lipinski definition) is 4. The summed E-state index contributed by atoms with van der Waals surface area (Å²) in [5, 5.41) is 9.95. The second-order valence-electron chi connectivity index (χ2n) is 5.58. The van der Waals surface area contributed by atoms with Gasteiger partial charge in [0.15, 0.2) is 0 Å². The Balaban J connectivity index is 1.72. The van der Waals surface area contributed by atoms with Crippen LogP contribution in [0.1, 0.15) is 10.6 Å². The molecule has 4 nitrogen and oxygen atoms in total. The molecule has 1 heterocycles. The van der Waals surface area contributed by atoms with E-state index in [0.717, 1.165) is 21.1 Å². The molecule has 0 aliphatic carbocycles. The van der Waals surface area contributed by atoms with Crippen molar-refractivity contribution in [2.75, 3.05) is 11.9 Å². The fraction of sp³-hybridized carbons (Fsp3) is 0.158. The largest absolute Gasteiger partial charge is 0.481 e. The van der Waals surface area contributed by atoms with Crippen molar-refractivity contribution in [1.29, 1.82) is 0 Å². The predicted octanol–water partition coefficient (Wildman–Crippen LogP) is 4.07. The average molecular weight is 338 g/mol. The highest BCUT2D eigenvalue weighted by molar-refractivity contribution is 7.15. The SMILES string of the molecule is CN(Cc1ncc(-c2ccccc2)s1)c1cccc(CC(=O)O)c1. The highest BCUT2D eigenvalue weighted by Crippen LogP contribution is 2.27. The maximum absolute atomic E-state index is 10.9. The van der Waals surface area contributed by atoms with Crippen LogP contribution in [-0.2, 0) is 17.8 Å². The molecule has 0 radical (unpaired) electrons. The van der Waals surface area contributed by atoms with Gasteiger partial charge < -0.3 is 10.0 Å². The lowest BCUT2D eigenvalue weighted by Gasteiger charge is -2.18. The third kappa shape index (κ3) is 4.00. The van der Waals surface area contributed by atoms with E-state index in [9.17, 15) is 4.79 Å². The normalized spacial score (nSPS) is 10.5. The van der Waals surface area contributed by atoms with Crippen LogP contribution in [0.4, 0.5) is 5.69 Å². The van der Waals surface area contributed by atoms with E-state index >= 15 is 0 Å². The molecule has 0 saturated carbocycles. The molecule has 0 fully saturated rings. The van der Waals surface area contributed by atoms with Crippen LogP contribution in [0.5, 0.6) is 0 Å². The first-order chi connectivity index (χ1) is 11.6. The van der Waals surface area contributed by atoms with Crippen molar-refractivity contribution in [2.45, 2.75) is 13.0 Å². The van der Waals surface area contributed by atoms with Crippen molar-refractivity contribution < 1.29 is 9.90 Å². The molecule has 5 heteroatoms. The van der Waals surface area contributed by atoms with Gasteiger partial charge >= 0.3 is 5.97 Å². The van der Waals surface area contributed by atoms with E-state index in [1.165, 1.54) is 5.56 Å². The van der Waals surface area contributed by atoms with E-state index in [-0.39, 0.29) is 6.42 Å². The Morgan fingerprint density at radius 2 is 1.96 bits per heavy atom. The summed E-state index contributed by atoms with van der Waals surface area (Å²) >= 11 is 1.68. The highest BCUT2D eigenvalue weighted by atomic mass is 32.1. The van der Waals surface area contributed by atoms with Gasteiger partial charge in [-0.3, -0.25) is 4.79 Å². The molecule has 0 aliphatic heterocycles. The van der Waals surface area contributed by atoms with Crippen LogP contribution in [0.25, 0.3) is 10.4 Å². The van der Waals surface area contributed by atoms with Crippen LogP contribution in [0, 0.1) is 0 Å². The van der Waals surface area contributed by atoms with Crippen molar-refractivity contribution in [2.24, 2.45) is 0 Å². The Bertz CT molecular complexity index is 830. The van der Waals surface area contributed by atoms with E-state index in [1.54, 1.807) is 11.3 Å². The van der Waals surface area contributed by atoms with E-state index in [1.807, 2.05) is 55.7 Å². The maximum Gasteiger partial charge on any atom is 0.307 e. The topological polar surface area (TPSA) is 53.4 Å². The smallest absolute Gasteiger partial charge is 0.307 e. The minimum absolute atomic E-state index is 0.0388. The van der Waals surface area contributed by atoms with E-state index in [2.05, 4.69) is 22.0 Å². The lowest BCUT2D eigenvalue weighted by molar-refractivity contribution is -0.136. The molecule has 0 atom stereocenters. The number of aliphatic carboxylic acids is 1. The van der Waals surface area contributed by atoms with Gasteiger partial charge in [-0.15, -0.1) is 11.3 Å². The molecule has 0 spiro atoms. The number of carboxylic acids is 1. The molecule has 1 aromatic heterocycles. The van der Waals surface area contributed by atoms with Crippen LogP contribution >= 0.6 is 11.3 Å². The predicted molar refractivity (Wildman–Crippen MR) is 97.4 cm³/mol. The molecule has 1 N–H and O–H groups in total. The zero-order valence-electron chi connectivity index (χ0n) is 13.3. The van der Waals surface area contributed by atoms with Gasteiger partial charge in [0.1, 0.15) is 5.01 Å². The molecule has 0 unspecified atom stereocenters. The molecule has 0 bridgehead atoms. The molecule has 3 aromatic rings. The van der Waals surface area contributed by atoms with Crippen molar-refractivity contribution >= 4 is 23.0 Å². The quantitative estimate of drug-likeness (QED) is 0.736. The molecular formula is C19H18N2O2S. The number of carboxylic acid groups (broad SMARTS) is 1. The number of thiazole rings is 1. The van der Waals surface area contributed by atoms with Gasteiger partial charge in [-0.2, -0.15) is 0 Å². The van der Waals surface area contributed by atoms with Gasteiger partial charge in [0.2, 0.25) is 0 Å². The first kappa shape index (κ1) is 16.2. The number of rotatable bonds is 6. The average Bonchev–Trinajstić information content (AvgIpc) is 3.04. The van der Waals surface area contributed by atoms with E-state index in [4.69, 9.17) is 5.11 Å². The van der Waals surface area contributed by atoms with Crippen LogP contribution in [-0.4, -0.2) is 23.1 Å². The Kier molecular flexibility index (Phi) is 4.91. The molecule has 3 rings (SSSR count). The standard InChI is InChI=1S/C19H18N2O2S/c1-21(16-9-5-6-14(10-16)11-19(22)23)13-18-20-12-17(24-18)15-7-3-2-4-8-15/h2-10,12H,11,13H2,1H3,(H,22,23). The zero-order chi connectivity index (χ0) is 16.9. The Morgan fingerprint density at radius 1 is 1.17 bits per heavy atom. The zero-order valence-corrected chi connectivity index (χ0v) is 14.2. The summed E-state index contributed by atoms with van der Waals surface area (Å²) in [6.07, 6.45) is 1.95. The second-order valence-corrected chi connectivity index (χ2v) is 6.70. The number of nitrogens with zero attached hydrogens (tertiary/aromatic N) is 2. The third-order valence-electron chi connectivity index (χ3n) is 3.69. The number of aromatic nitrogens is 1. The van der Waals surface area contributed by atoms with Gasteiger partial charge in [0.05, 0.1) is 17.8 Å². The van der Waals surface area contributed by atoms with Gasteiger partial charge in [0.25, 0.3) is 0 Å². The van der Waals surface area contributed by atoms with Crippen molar-refractivity contribution in [1.82, 2.24) is 4.98 Å². The van der Waals surface area contributed by atoms with E-state index < -0.39 is 5.97 Å². The molecule has 2 aromatic carbocycles. The maximum atomic E-state index is 10.9. The molecule has 0 aliphatic rings. The van der Waals surface area contributed by atoms with Crippen molar-refractivity contribution in [3.8, 4) is 10.4 Å². The monoisotopic (exact) mass is 338 g/mol. The third-order valence-corrected chi connectivity index (χ3v) is 4.72. The molecule has 0 saturated heterocycles. The van der Waals surface area contributed by atoms with Crippen LogP contribution in [0.3, 0.4) is 0 Å². The summed E-state index contributed by atoms with van der Waals surface area (Å²) in [7, 11) is 1.99. The van der Waals surface area contributed by atoms with Crippen LogP contribution in [0.2, 0.25) is 0 Å². The number of carbonyl (C=O) groups is 1. The summed E-state index contributed by atoms with van der Waals surface area (Å²) in [6.45, 7) is 0.689. The lowest BCUT2D eigenvalue weighted by atomic mass is 10.1. The summed E-state index contributed by atoms with van der Waals surface area (Å²) < 4.78 is 0. The summed E-state index contributed by atoms with van der Waals surface area (Å²) in [4.78, 5) is 18.6. The minimum Gasteiger partial charge on any atom is -0.481 e. The highest BCUT2D eigenvalue weighted by Gasteiger charge is 2.09. The van der Waals surface area contributed by atoms with Gasteiger partial charge in [-0.1, -0.05) is 42.5 Å². The fourth-order valence-electron chi connectivity index (χ4n) is 2.49. The molecular weight excluding hydrogens is 320 g/mol.